The van der Waals surface area contributed by atoms with E-state index in [2.05, 4.69) is 41.9 Å². The number of aliphatic hydroxyl groups is 3. The Bertz CT molecular complexity index is 2080. The predicted octanol–water partition coefficient (Wildman–Crippen LogP) is -7.51. The van der Waals surface area contributed by atoms with E-state index < -0.39 is 159 Å². The molecule has 0 saturated carbocycles. The van der Waals surface area contributed by atoms with Crippen LogP contribution in [0.5, 0.6) is 0 Å². The molecule has 0 fully saturated rings. The largest absolute Gasteiger partial charge is 0.481 e. The Morgan fingerprint density at radius 3 is 1.65 bits per heavy atom. The summed E-state index contributed by atoms with van der Waals surface area (Å²) < 4.78 is 0. The number of aromatic nitrogens is 2. The van der Waals surface area contributed by atoms with Crippen molar-refractivity contribution in [3.8, 4) is 0 Å². The highest BCUT2D eigenvalue weighted by Gasteiger charge is 2.36. The molecule has 18 N–H and O–H groups in total. The number of nitrogens with two attached hydrogens (primary N) is 2. The number of carbonyl (C=O) groups excluding carboxylic acids is 9. The highest BCUT2D eigenvalue weighted by Crippen LogP contribution is 2.12. The molecule has 0 saturated heterocycles. The molecular weight excluding hydrogens is 905 g/mol. The molecule has 0 aliphatic carbocycles. The van der Waals surface area contributed by atoms with Crippen molar-refractivity contribution in [2.75, 3.05) is 26.4 Å². The first-order valence-corrected chi connectivity index (χ1v) is 20.9. The van der Waals surface area contributed by atoms with Crippen molar-refractivity contribution in [3.63, 3.8) is 0 Å². The van der Waals surface area contributed by atoms with E-state index >= 15 is 0 Å². The summed E-state index contributed by atoms with van der Waals surface area (Å²) in [5, 5.41) is 66.1. The van der Waals surface area contributed by atoms with Gasteiger partial charge in [0.05, 0.1) is 51.6 Å². The van der Waals surface area contributed by atoms with Crippen LogP contribution in [0.3, 0.4) is 0 Å². The lowest BCUT2D eigenvalue weighted by atomic mass is 9.96. The van der Waals surface area contributed by atoms with E-state index in [0.29, 0.717) is 12.0 Å². The lowest BCUT2D eigenvalue weighted by Gasteiger charge is -2.29. The van der Waals surface area contributed by atoms with Gasteiger partial charge in [-0.05, 0) is 11.5 Å². The summed E-state index contributed by atoms with van der Waals surface area (Å²) in [6, 6.07) is -5.03. The SMILES string of the molecule is CC[C@H](C)[C@H](NC(=O)[C@H](Cc1ccccc1)NC(=O)[C@H](Cc1cnc[nH]1)NC(=O)[C@H](CO)NC(=O)[C@H](CC(=O)O)NC(=O)[C@H](CO)NC(=O)CNC(=O)[C@@H](N)CC(N)=O)C(=O)N[C@@H](CO)C(=O)O. The molecule has 9 amide bonds. The van der Waals surface area contributed by atoms with Crippen molar-refractivity contribution in [2.45, 2.75) is 94.3 Å². The molecule has 2 rings (SSSR count). The topological polar surface area (TPSA) is 466 Å². The van der Waals surface area contributed by atoms with Crippen molar-refractivity contribution in [3.05, 3.63) is 54.1 Å². The summed E-state index contributed by atoms with van der Waals surface area (Å²) in [4.78, 5) is 147. The third kappa shape index (κ3) is 19.1. The van der Waals surface area contributed by atoms with Crippen molar-refractivity contribution < 1.29 is 78.3 Å². The van der Waals surface area contributed by atoms with Gasteiger partial charge in [0.25, 0.3) is 0 Å². The Kier molecular flexibility index (Phi) is 23.7. The summed E-state index contributed by atoms with van der Waals surface area (Å²) in [6.45, 7) is -0.718. The number of H-pyrrole nitrogens is 1. The fourth-order valence-corrected chi connectivity index (χ4v) is 6.00. The molecule has 1 aromatic heterocycles. The lowest BCUT2D eigenvalue weighted by molar-refractivity contribution is -0.143. The summed E-state index contributed by atoms with van der Waals surface area (Å²) in [7, 11) is 0. The molecule has 374 valence electrons. The zero-order valence-corrected chi connectivity index (χ0v) is 36.9. The molecule has 0 spiro atoms. The Balaban J connectivity index is 2.33. The average Bonchev–Trinajstić information content (AvgIpc) is 3.81. The molecule has 0 aliphatic rings. The molecule has 28 heteroatoms. The maximum absolute atomic E-state index is 14.1. The first kappa shape index (κ1) is 56.6. The summed E-state index contributed by atoms with van der Waals surface area (Å²) in [5.41, 5.74) is 11.3. The average molecular weight is 963 g/mol. The minimum atomic E-state index is -2.01. The summed E-state index contributed by atoms with van der Waals surface area (Å²) >= 11 is 0. The van der Waals surface area contributed by atoms with E-state index in [1.807, 2.05) is 10.6 Å². The maximum atomic E-state index is 14.1. The highest BCUT2D eigenvalue weighted by molar-refractivity contribution is 5.99. The number of primary amides is 1. The fourth-order valence-electron chi connectivity index (χ4n) is 6.00. The van der Waals surface area contributed by atoms with Gasteiger partial charge in [-0.15, -0.1) is 0 Å². The van der Waals surface area contributed by atoms with Crippen molar-refractivity contribution in [1.29, 1.82) is 0 Å². The Morgan fingerprint density at radius 1 is 0.632 bits per heavy atom. The molecule has 1 aromatic carbocycles. The molecule has 0 bridgehead atoms. The van der Waals surface area contributed by atoms with E-state index in [0.717, 1.165) is 0 Å². The number of imidazole rings is 1. The Morgan fingerprint density at radius 2 is 1.13 bits per heavy atom. The predicted molar refractivity (Wildman–Crippen MR) is 231 cm³/mol. The van der Waals surface area contributed by atoms with Gasteiger partial charge in [0.2, 0.25) is 53.2 Å². The molecule has 1 heterocycles. The van der Waals surface area contributed by atoms with Gasteiger partial charge in [0.1, 0.15) is 42.3 Å². The van der Waals surface area contributed by atoms with Crippen LogP contribution in [0.25, 0.3) is 0 Å². The molecule has 0 unspecified atom stereocenters. The van der Waals surface area contributed by atoms with Crippen molar-refractivity contribution >= 4 is 65.1 Å². The van der Waals surface area contributed by atoms with Gasteiger partial charge in [-0.1, -0.05) is 50.6 Å². The number of hydrogen-bond donors (Lipinski definition) is 16. The Labute approximate surface area is 387 Å². The van der Waals surface area contributed by atoms with Gasteiger partial charge in [-0.3, -0.25) is 47.9 Å². The quantitative estimate of drug-likeness (QED) is 0.0346. The third-order valence-electron chi connectivity index (χ3n) is 9.96. The number of hydrogen-bond acceptors (Lipinski definition) is 16. The van der Waals surface area contributed by atoms with Crippen molar-refractivity contribution in [2.24, 2.45) is 17.4 Å². The molecule has 0 aliphatic heterocycles. The van der Waals surface area contributed by atoms with Gasteiger partial charge in [-0.25, -0.2) is 9.78 Å². The highest BCUT2D eigenvalue weighted by atomic mass is 16.4. The molecule has 2 aromatic rings. The first-order valence-electron chi connectivity index (χ1n) is 20.9. The number of benzene rings is 1. The van der Waals surface area contributed by atoms with Crippen LogP contribution in [-0.4, -0.2) is 175 Å². The molecule has 0 radical (unpaired) electrons. The van der Waals surface area contributed by atoms with E-state index in [1.54, 1.807) is 44.2 Å². The molecule has 68 heavy (non-hydrogen) atoms. The van der Waals surface area contributed by atoms with Crippen LogP contribution in [0.2, 0.25) is 0 Å². The minimum Gasteiger partial charge on any atom is -0.481 e. The number of aliphatic hydroxyl groups excluding tert-OH is 3. The number of aromatic amines is 1. The second-order valence-electron chi connectivity index (χ2n) is 15.2. The normalized spacial score (nSPS) is 14.9. The zero-order valence-electron chi connectivity index (χ0n) is 36.9. The zero-order chi connectivity index (χ0) is 51.1. The smallest absolute Gasteiger partial charge is 0.328 e. The van der Waals surface area contributed by atoms with Crippen LogP contribution in [-0.2, 0) is 65.6 Å². The number of rotatable bonds is 30. The number of nitrogens with one attached hydrogen (secondary N) is 9. The first-order chi connectivity index (χ1) is 32.1. The number of amides is 9. The lowest BCUT2D eigenvalue weighted by Crippen LogP contribution is -2.62. The Hall–Kier alpha value is -7.56. The number of carbonyl (C=O) groups is 11. The molecule has 9 atom stereocenters. The van der Waals surface area contributed by atoms with Crippen LogP contribution >= 0.6 is 0 Å². The van der Waals surface area contributed by atoms with Crippen LogP contribution in [0.1, 0.15) is 44.4 Å². The van der Waals surface area contributed by atoms with Gasteiger partial charge in [-0.2, -0.15) is 0 Å². The number of aliphatic carboxylic acids is 2. The minimum absolute atomic E-state index is 0.178. The van der Waals surface area contributed by atoms with Gasteiger partial charge in [0, 0.05) is 24.7 Å². The summed E-state index contributed by atoms with van der Waals surface area (Å²) in [6.07, 6.45) is 0.683. The number of nitrogens with zero attached hydrogens (tertiary/aromatic N) is 1. The molecular formula is C40H58N12O16. The maximum Gasteiger partial charge on any atom is 0.328 e. The van der Waals surface area contributed by atoms with E-state index in [4.69, 9.17) is 11.5 Å². The monoisotopic (exact) mass is 962 g/mol. The van der Waals surface area contributed by atoms with Crippen LogP contribution in [0.4, 0.5) is 0 Å². The van der Waals surface area contributed by atoms with Crippen molar-refractivity contribution in [1.82, 2.24) is 52.5 Å². The van der Waals surface area contributed by atoms with E-state index in [1.165, 1.54) is 12.5 Å². The van der Waals surface area contributed by atoms with Gasteiger partial charge < -0.3 is 84.5 Å². The van der Waals surface area contributed by atoms with Gasteiger partial charge in [0.15, 0.2) is 0 Å². The second kappa shape index (κ2) is 28.5. The van der Waals surface area contributed by atoms with E-state index in [9.17, 15) is 78.3 Å². The van der Waals surface area contributed by atoms with Crippen LogP contribution < -0.4 is 54.0 Å². The third-order valence-corrected chi connectivity index (χ3v) is 9.96. The molecule has 28 nitrogen and oxygen atoms in total. The number of carboxylic acid groups (broad SMARTS) is 2. The van der Waals surface area contributed by atoms with Crippen LogP contribution in [0, 0.1) is 5.92 Å². The standard InChI is InChI=1S/C40H58N12O16/c1-3-19(2)32(39(66)51-28(17-55)40(67)68)52-36(63)23(9-20-7-5-4-6-8-20)47-34(61)24(10-21-13-43-18-45-21)48-38(65)27(16-54)50-35(62)25(12-31(58)59)49-37(64)26(15-53)46-30(57)14-44-33(60)22(41)11-29(42)56/h4-8,13,18-19,22-28,32,53-55H,3,9-12,14-17,41H2,1-2H3,(H2,42,56)(H,43,45)(H,44,60)(H,46,57)(H,47,61)(H,48,65)(H,49,64)(H,50,62)(H,51,66)(H,52,63)(H,58,59)(H,67,68)/t19-,22-,23-,24-,25-,26-,27-,28-,32-/m0/s1. The second-order valence-corrected chi connectivity index (χ2v) is 15.2. The van der Waals surface area contributed by atoms with E-state index in [-0.39, 0.29) is 18.5 Å². The van der Waals surface area contributed by atoms with Gasteiger partial charge >= 0.3 is 11.9 Å². The summed E-state index contributed by atoms with van der Waals surface area (Å²) in [5.74, 6) is -13.4. The van der Waals surface area contributed by atoms with Crippen LogP contribution in [0.15, 0.2) is 42.9 Å². The number of carboxylic acids is 2. The fraction of sp³-hybridized carbons (Fsp3) is 0.500.